The third-order valence-electron chi connectivity index (χ3n) is 8.13. The predicted octanol–water partition coefficient (Wildman–Crippen LogP) is -0.805. The summed E-state index contributed by atoms with van der Waals surface area (Å²) in [6, 6.07) is 4.73. The van der Waals surface area contributed by atoms with Gasteiger partial charge in [0, 0.05) is 18.6 Å². The smallest absolute Gasteiger partial charge is 0.302 e. The fraction of sp³-hybridized carbons (Fsp3) is 0.484. The van der Waals surface area contributed by atoms with Crippen LogP contribution in [0.4, 0.5) is 0 Å². The van der Waals surface area contributed by atoms with E-state index < -0.39 is 113 Å². The van der Waals surface area contributed by atoms with E-state index in [1.54, 1.807) is 0 Å². The molecule has 18 heteroatoms. The van der Waals surface area contributed by atoms with Gasteiger partial charge in [-0.05, 0) is 25.1 Å². The van der Waals surface area contributed by atoms with Gasteiger partial charge in [0.15, 0.2) is 41.0 Å². The molecule has 0 aliphatic carbocycles. The second kappa shape index (κ2) is 14.2. The van der Waals surface area contributed by atoms with Crippen molar-refractivity contribution in [3.8, 4) is 45.8 Å². The first kappa shape index (κ1) is 35.9. The molecule has 8 N–H and O–H groups in total. The number of carbonyl (C=O) groups is 1. The molecule has 2 aromatic carbocycles. The number of methoxy groups -OCH3 is 2. The highest BCUT2D eigenvalue weighted by atomic mass is 16.8. The highest BCUT2D eigenvalue weighted by Crippen LogP contribution is 2.45. The van der Waals surface area contributed by atoms with Gasteiger partial charge in [-0.2, -0.15) is 0 Å². The predicted molar refractivity (Wildman–Crippen MR) is 161 cm³/mol. The van der Waals surface area contributed by atoms with E-state index in [0.717, 1.165) is 20.1 Å². The molecule has 2 saturated heterocycles. The van der Waals surface area contributed by atoms with Crippen LogP contribution in [0.15, 0.2) is 33.5 Å². The van der Waals surface area contributed by atoms with Crippen LogP contribution in [0, 0.1) is 0 Å². The molecule has 268 valence electrons. The molecule has 2 fully saturated rings. The Morgan fingerprint density at radius 3 is 2.20 bits per heavy atom. The number of fused-ring (bicyclic) bond motifs is 1. The van der Waals surface area contributed by atoms with Gasteiger partial charge in [0.25, 0.3) is 0 Å². The second-order valence-corrected chi connectivity index (χ2v) is 11.4. The minimum absolute atomic E-state index is 0.0143. The van der Waals surface area contributed by atoms with Crippen molar-refractivity contribution in [3.63, 3.8) is 0 Å². The maximum atomic E-state index is 13.3. The third kappa shape index (κ3) is 6.77. The van der Waals surface area contributed by atoms with Gasteiger partial charge in [0.05, 0.1) is 20.3 Å². The quantitative estimate of drug-likeness (QED) is 0.127. The Bertz CT molecular complexity index is 1740. The molecule has 0 amide bonds. The van der Waals surface area contributed by atoms with Gasteiger partial charge in [0.2, 0.25) is 23.2 Å². The zero-order valence-electron chi connectivity index (χ0n) is 26.5. The number of hydrogen-bond donors (Lipinski definition) is 8. The molecule has 49 heavy (non-hydrogen) atoms. The molecular formula is C31H36O18. The summed E-state index contributed by atoms with van der Waals surface area (Å²) in [6.07, 6.45) is -16.4. The second-order valence-electron chi connectivity index (χ2n) is 11.4. The third-order valence-corrected chi connectivity index (χ3v) is 8.13. The van der Waals surface area contributed by atoms with Crippen LogP contribution in [-0.2, 0) is 23.7 Å². The van der Waals surface area contributed by atoms with Crippen LogP contribution in [-0.4, -0.2) is 129 Å². The van der Waals surface area contributed by atoms with E-state index >= 15 is 0 Å². The molecule has 3 aromatic rings. The maximum absolute atomic E-state index is 13.3. The molecule has 5 rings (SSSR count). The van der Waals surface area contributed by atoms with Gasteiger partial charge in [0.1, 0.15) is 54.4 Å². The number of carbonyl (C=O) groups excluding carboxylic acids is 1. The minimum atomic E-state index is -1.89. The summed E-state index contributed by atoms with van der Waals surface area (Å²) < 4.78 is 44.4. The average Bonchev–Trinajstić information content (AvgIpc) is 3.06. The van der Waals surface area contributed by atoms with Crippen LogP contribution in [0.5, 0.6) is 34.5 Å². The van der Waals surface area contributed by atoms with Crippen molar-refractivity contribution in [1.29, 1.82) is 0 Å². The van der Waals surface area contributed by atoms with E-state index in [4.69, 9.17) is 37.6 Å². The van der Waals surface area contributed by atoms with Crippen molar-refractivity contribution in [2.45, 2.75) is 75.3 Å². The Morgan fingerprint density at radius 1 is 0.837 bits per heavy atom. The van der Waals surface area contributed by atoms with E-state index in [-0.39, 0.29) is 22.8 Å². The Kier molecular flexibility index (Phi) is 10.4. The molecular weight excluding hydrogens is 660 g/mol. The van der Waals surface area contributed by atoms with E-state index in [2.05, 4.69) is 0 Å². The molecule has 0 radical (unpaired) electrons. The lowest BCUT2D eigenvalue weighted by atomic mass is 9.97. The fourth-order valence-corrected chi connectivity index (χ4v) is 5.48. The Hall–Kier alpha value is -4.40. The van der Waals surface area contributed by atoms with Crippen LogP contribution in [0.3, 0.4) is 0 Å². The molecule has 10 atom stereocenters. The van der Waals surface area contributed by atoms with Crippen molar-refractivity contribution >= 4 is 16.9 Å². The minimum Gasteiger partial charge on any atom is -0.507 e. The molecule has 0 unspecified atom stereocenters. The van der Waals surface area contributed by atoms with Crippen molar-refractivity contribution in [2.24, 2.45) is 0 Å². The first-order valence-corrected chi connectivity index (χ1v) is 14.8. The number of aromatic hydroxyl groups is 3. The van der Waals surface area contributed by atoms with E-state index in [1.807, 2.05) is 0 Å². The zero-order valence-corrected chi connectivity index (χ0v) is 26.5. The van der Waals surface area contributed by atoms with Crippen molar-refractivity contribution in [1.82, 2.24) is 0 Å². The Labute approximate surface area is 276 Å². The highest BCUT2D eigenvalue weighted by Gasteiger charge is 2.51. The topological polar surface area (TPSA) is 274 Å². The molecule has 0 spiro atoms. The van der Waals surface area contributed by atoms with Gasteiger partial charge in [-0.25, -0.2) is 0 Å². The lowest BCUT2D eigenvalue weighted by Crippen LogP contribution is -2.64. The molecule has 0 bridgehead atoms. The number of aliphatic hydroxyl groups is 5. The summed E-state index contributed by atoms with van der Waals surface area (Å²) >= 11 is 0. The van der Waals surface area contributed by atoms with E-state index in [9.17, 15) is 50.4 Å². The number of benzene rings is 2. The lowest BCUT2D eigenvalue weighted by Gasteiger charge is -2.45. The van der Waals surface area contributed by atoms with Gasteiger partial charge < -0.3 is 78.4 Å². The molecule has 2 aliphatic heterocycles. The van der Waals surface area contributed by atoms with Gasteiger partial charge in [-0.15, -0.1) is 0 Å². The van der Waals surface area contributed by atoms with Crippen LogP contribution < -0.4 is 19.6 Å². The number of ether oxygens (including phenoxy) is 7. The maximum Gasteiger partial charge on any atom is 0.302 e. The molecule has 0 saturated carbocycles. The summed E-state index contributed by atoms with van der Waals surface area (Å²) in [5.74, 6) is -3.77. The van der Waals surface area contributed by atoms with Gasteiger partial charge in [-0.3, -0.25) is 9.59 Å². The Balaban J connectivity index is 1.59. The fourth-order valence-electron chi connectivity index (χ4n) is 5.48. The summed E-state index contributed by atoms with van der Waals surface area (Å²) in [5, 5.41) is 84.1. The number of phenolic OH excluding ortho intramolecular Hbond substituents is 2. The Morgan fingerprint density at radius 2 is 1.55 bits per heavy atom. The monoisotopic (exact) mass is 696 g/mol. The number of phenols is 2. The molecule has 1 aromatic heterocycles. The largest absolute Gasteiger partial charge is 0.507 e. The van der Waals surface area contributed by atoms with E-state index in [1.165, 1.54) is 32.2 Å². The first-order valence-electron chi connectivity index (χ1n) is 14.8. The number of aliphatic hydroxyl groups excluding tert-OH is 5. The van der Waals surface area contributed by atoms with Crippen LogP contribution in [0.1, 0.15) is 13.8 Å². The molecule has 3 heterocycles. The summed E-state index contributed by atoms with van der Waals surface area (Å²) in [6.45, 7) is 1.93. The van der Waals surface area contributed by atoms with Crippen molar-refractivity contribution in [2.75, 3.05) is 20.8 Å². The average molecular weight is 697 g/mol. The SMILES string of the molecule is COc1cc(-c2oc3c(OC)c(O[C@@H]4O[C@H](COC(C)=O)[C@@H](O)[C@H](O)[C@H]4O[C@@H]4O[C@@H](C)[C@H](O)[C@@H](O)[C@H]4O)cc(O)c3c(=O)c2O)ccc1O. The van der Waals surface area contributed by atoms with Crippen LogP contribution in [0.25, 0.3) is 22.3 Å². The summed E-state index contributed by atoms with van der Waals surface area (Å²) in [5.41, 5.74) is -1.41. The van der Waals surface area contributed by atoms with Crippen molar-refractivity contribution in [3.05, 3.63) is 34.5 Å². The van der Waals surface area contributed by atoms with Gasteiger partial charge in [-0.1, -0.05) is 0 Å². The number of esters is 1. The van der Waals surface area contributed by atoms with Crippen molar-refractivity contribution < 1.29 is 83.2 Å². The van der Waals surface area contributed by atoms with Crippen LogP contribution in [0.2, 0.25) is 0 Å². The van der Waals surface area contributed by atoms with Gasteiger partial charge >= 0.3 is 5.97 Å². The number of hydrogen-bond acceptors (Lipinski definition) is 18. The van der Waals surface area contributed by atoms with E-state index in [0.29, 0.717) is 0 Å². The molecule has 2 aliphatic rings. The zero-order chi connectivity index (χ0) is 35.9. The first-order chi connectivity index (χ1) is 23.2. The number of rotatable bonds is 9. The normalized spacial score (nSPS) is 30.1. The lowest BCUT2D eigenvalue weighted by molar-refractivity contribution is -0.354. The summed E-state index contributed by atoms with van der Waals surface area (Å²) in [4.78, 5) is 24.8. The highest BCUT2D eigenvalue weighted by molar-refractivity contribution is 5.93. The van der Waals surface area contributed by atoms with Crippen LogP contribution >= 0.6 is 0 Å². The standard InChI is InChI=1S/C31H36O18/c1-10-19(35)22(38)25(41)30(45-10)49-29-23(39)20(36)17(9-44-11(2)32)47-31(29)46-16-8-14(34)18-21(37)24(40)26(48-28(18)27(16)43-4)12-5-6-13(33)15(7-12)42-3/h5-8,10,17,19-20,22-23,25,29-31,33-36,38-41H,9H2,1-4H3/t10-,17+,19-,20+,22+,23-,25+,29+,30-,31+/m0/s1. The molecule has 18 nitrogen and oxygen atoms in total. The summed E-state index contributed by atoms with van der Waals surface area (Å²) in [7, 11) is 2.44.